The Labute approximate surface area is 205 Å². The topological polar surface area (TPSA) is 58.2 Å². The second-order valence-electron chi connectivity index (χ2n) is 8.37. The zero-order valence-corrected chi connectivity index (χ0v) is 19.3. The van der Waals surface area contributed by atoms with Gasteiger partial charge in [0, 0.05) is 30.5 Å². The number of anilines is 1. The molecule has 2 atom stereocenters. The van der Waals surface area contributed by atoms with E-state index >= 15 is 0 Å². The van der Waals surface area contributed by atoms with Gasteiger partial charge in [0.2, 0.25) is 5.91 Å². The number of halogens is 8. The first-order valence-electron chi connectivity index (χ1n) is 10.0. The second kappa shape index (κ2) is 8.53. The fraction of sp³-hybridized carbons (Fsp3) is 0.364. The van der Waals surface area contributed by atoms with E-state index in [4.69, 9.17) is 34.8 Å². The predicted octanol–water partition coefficient (Wildman–Crippen LogP) is 6.41. The Morgan fingerprint density at radius 3 is 2.18 bits per heavy atom. The minimum absolute atomic E-state index is 0.0206. The molecule has 4 nitrogen and oxygen atoms in total. The van der Waals surface area contributed by atoms with E-state index in [0.29, 0.717) is 5.56 Å². The summed E-state index contributed by atoms with van der Waals surface area (Å²) in [5.41, 5.74) is -0.315. The van der Waals surface area contributed by atoms with Crippen molar-refractivity contribution in [3.05, 3.63) is 64.2 Å². The van der Waals surface area contributed by atoms with Gasteiger partial charge in [0.1, 0.15) is 4.33 Å². The second-order valence-corrected chi connectivity index (χ2v) is 10.2. The smallest absolute Gasteiger partial charge is 0.349 e. The first-order valence-corrected chi connectivity index (χ1v) is 11.2. The van der Waals surface area contributed by atoms with Gasteiger partial charge in [0.15, 0.2) is 0 Å². The Hall–Kier alpha value is -2.10. The normalized spacial score (nSPS) is 23.1. The molecule has 0 spiro atoms. The SMILES string of the molecule is O=C(NC1CC(F)(F)C1)c1cc(NC(=O)[C@@H]2[C@@H](c3ccc(C(F)(F)F)cc3)C2(Cl)Cl)ccc1Cl. The zero-order chi connectivity index (χ0) is 25.1. The molecule has 2 aromatic rings. The number of benzene rings is 2. The van der Waals surface area contributed by atoms with Crippen molar-refractivity contribution < 1.29 is 31.5 Å². The van der Waals surface area contributed by atoms with Crippen LogP contribution in [0.3, 0.4) is 0 Å². The molecule has 2 N–H and O–H groups in total. The molecule has 2 aromatic carbocycles. The summed E-state index contributed by atoms with van der Waals surface area (Å²) in [4.78, 5) is 25.2. The molecule has 0 bridgehead atoms. The van der Waals surface area contributed by atoms with Gasteiger partial charge in [0.25, 0.3) is 11.8 Å². The van der Waals surface area contributed by atoms with Gasteiger partial charge in [-0.2, -0.15) is 13.2 Å². The van der Waals surface area contributed by atoms with Crippen LogP contribution in [0.25, 0.3) is 0 Å². The van der Waals surface area contributed by atoms with Crippen molar-refractivity contribution in [3.8, 4) is 0 Å². The molecule has 4 rings (SSSR count). The number of alkyl halides is 7. The highest BCUT2D eigenvalue weighted by molar-refractivity contribution is 6.53. The van der Waals surface area contributed by atoms with Crippen molar-refractivity contribution in [2.45, 2.75) is 41.2 Å². The fourth-order valence-corrected chi connectivity index (χ4v) is 5.00. The average Bonchev–Trinajstić information content (AvgIpc) is 3.29. The van der Waals surface area contributed by atoms with Crippen LogP contribution < -0.4 is 10.6 Å². The van der Waals surface area contributed by atoms with Gasteiger partial charge in [-0.3, -0.25) is 9.59 Å². The lowest BCUT2D eigenvalue weighted by atomic mass is 9.88. The van der Waals surface area contributed by atoms with Gasteiger partial charge in [-0.25, -0.2) is 8.78 Å². The van der Waals surface area contributed by atoms with Crippen molar-refractivity contribution in [2.75, 3.05) is 5.32 Å². The summed E-state index contributed by atoms with van der Waals surface area (Å²) in [5, 5.41) is 5.08. The molecule has 2 amide bonds. The molecule has 182 valence electrons. The van der Waals surface area contributed by atoms with E-state index in [-0.39, 0.29) is 16.3 Å². The monoisotopic (exact) mass is 540 g/mol. The van der Waals surface area contributed by atoms with Crippen molar-refractivity contribution in [2.24, 2.45) is 5.92 Å². The molecule has 0 aromatic heterocycles. The summed E-state index contributed by atoms with van der Waals surface area (Å²) in [6.07, 6.45) is -5.43. The number of hydrogen-bond donors (Lipinski definition) is 2. The van der Waals surface area contributed by atoms with Crippen LogP contribution in [-0.4, -0.2) is 28.1 Å². The van der Waals surface area contributed by atoms with Gasteiger partial charge in [-0.1, -0.05) is 23.7 Å². The maximum absolute atomic E-state index is 13.0. The Kier molecular flexibility index (Phi) is 6.28. The minimum atomic E-state index is -4.50. The predicted molar refractivity (Wildman–Crippen MR) is 118 cm³/mol. The highest BCUT2D eigenvalue weighted by atomic mass is 35.5. The van der Waals surface area contributed by atoms with E-state index in [1.807, 2.05) is 0 Å². The van der Waals surface area contributed by atoms with E-state index in [1.165, 1.54) is 30.3 Å². The lowest BCUT2D eigenvalue weighted by Gasteiger charge is -2.35. The zero-order valence-electron chi connectivity index (χ0n) is 17.0. The van der Waals surface area contributed by atoms with Gasteiger partial charge >= 0.3 is 6.18 Å². The van der Waals surface area contributed by atoms with Gasteiger partial charge in [0.05, 0.1) is 22.1 Å². The van der Waals surface area contributed by atoms with Crippen LogP contribution in [0, 0.1) is 5.92 Å². The Morgan fingerprint density at radius 2 is 1.62 bits per heavy atom. The molecule has 0 heterocycles. The highest BCUT2D eigenvalue weighted by Crippen LogP contribution is 2.65. The van der Waals surface area contributed by atoms with Gasteiger partial charge in [-0.15, -0.1) is 23.2 Å². The van der Waals surface area contributed by atoms with Crippen molar-refractivity contribution in [3.63, 3.8) is 0 Å². The molecule has 0 saturated heterocycles. The highest BCUT2D eigenvalue weighted by Gasteiger charge is 2.67. The van der Waals surface area contributed by atoms with E-state index < -0.39 is 64.5 Å². The van der Waals surface area contributed by atoms with E-state index in [1.54, 1.807) is 0 Å². The molecule has 12 heteroatoms. The Morgan fingerprint density at radius 1 is 1.00 bits per heavy atom. The van der Waals surface area contributed by atoms with E-state index in [2.05, 4.69) is 10.6 Å². The summed E-state index contributed by atoms with van der Waals surface area (Å²) in [6.45, 7) is 0. The third kappa shape index (κ3) is 4.97. The quantitative estimate of drug-likeness (QED) is 0.339. The number of carbonyl (C=O) groups excluding carboxylic acids is 2. The number of nitrogens with one attached hydrogen (secondary N) is 2. The number of amides is 2. The Bertz CT molecular complexity index is 1130. The van der Waals surface area contributed by atoms with Crippen molar-refractivity contribution in [1.82, 2.24) is 5.32 Å². The third-order valence-corrected chi connectivity index (χ3v) is 7.11. The fourth-order valence-electron chi connectivity index (χ4n) is 3.97. The maximum atomic E-state index is 13.0. The third-order valence-electron chi connectivity index (χ3n) is 5.84. The molecule has 2 aliphatic carbocycles. The molecule has 2 saturated carbocycles. The lowest BCUT2D eigenvalue weighted by Crippen LogP contribution is -2.50. The van der Waals surface area contributed by atoms with Gasteiger partial charge in [-0.05, 0) is 35.9 Å². The van der Waals surface area contributed by atoms with Crippen LogP contribution in [-0.2, 0) is 11.0 Å². The Balaban J connectivity index is 1.44. The summed E-state index contributed by atoms with van der Waals surface area (Å²) in [6, 6.07) is 7.59. The molecule has 34 heavy (non-hydrogen) atoms. The molecular weight excluding hydrogens is 526 g/mol. The van der Waals surface area contributed by atoms with Crippen LogP contribution in [0.2, 0.25) is 5.02 Å². The standard InChI is InChI=1S/C22H16Cl3F5N2O2/c23-15-6-5-12(7-14(15)18(33)32-13-8-20(26,27)9-13)31-19(34)17-16(21(17,24)25)10-1-3-11(4-2-10)22(28,29)30/h1-7,13,16-17H,8-9H2,(H,31,34)(H,32,33)/t16-,17+/m1/s1. The number of carbonyl (C=O) groups is 2. The van der Waals surface area contributed by atoms with Crippen LogP contribution in [0.5, 0.6) is 0 Å². The number of hydrogen-bond acceptors (Lipinski definition) is 2. The summed E-state index contributed by atoms with van der Waals surface area (Å²) in [7, 11) is 0. The maximum Gasteiger partial charge on any atom is 0.416 e. The van der Waals surface area contributed by atoms with Crippen LogP contribution >= 0.6 is 34.8 Å². The molecule has 2 fully saturated rings. The van der Waals surface area contributed by atoms with Crippen LogP contribution in [0.15, 0.2) is 42.5 Å². The van der Waals surface area contributed by atoms with Crippen LogP contribution in [0.1, 0.15) is 40.2 Å². The molecule has 0 aliphatic heterocycles. The first kappa shape index (κ1) is 25.0. The lowest BCUT2D eigenvalue weighted by molar-refractivity contribution is -0.137. The summed E-state index contributed by atoms with van der Waals surface area (Å²) < 4.78 is 62.8. The van der Waals surface area contributed by atoms with E-state index in [0.717, 1.165) is 12.1 Å². The summed E-state index contributed by atoms with van der Waals surface area (Å²) >= 11 is 18.5. The van der Waals surface area contributed by atoms with Gasteiger partial charge < -0.3 is 10.6 Å². The average molecular weight is 542 g/mol. The van der Waals surface area contributed by atoms with Crippen molar-refractivity contribution >= 4 is 52.3 Å². The number of rotatable bonds is 5. The molecular formula is C22H16Cl3F5N2O2. The molecule has 0 radical (unpaired) electrons. The molecule has 2 aliphatic rings. The molecule has 0 unspecified atom stereocenters. The van der Waals surface area contributed by atoms with E-state index in [9.17, 15) is 31.5 Å². The summed E-state index contributed by atoms with van der Waals surface area (Å²) in [5.74, 6) is -5.78. The largest absolute Gasteiger partial charge is 0.416 e. The minimum Gasteiger partial charge on any atom is -0.349 e. The van der Waals surface area contributed by atoms with Crippen LogP contribution in [0.4, 0.5) is 27.6 Å². The first-order chi connectivity index (χ1) is 15.7. The van der Waals surface area contributed by atoms with Crippen molar-refractivity contribution in [1.29, 1.82) is 0 Å².